The van der Waals surface area contributed by atoms with Gasteiger partial charge in [0.25, 0.3) is 0 Å². The molecular weight excluding hydrogens is 272 g/mol. The molecule has 2 heterocycles. The maximum absolute atomic E-state index is 12.3. The van der Waals surface area contributed by atoms with Gasteiger partial charge in [0, 0.05) is 24.2 Å². The van der Waals surface area contributed by atoms with Crippen molar-refractivity contribution in [3.8, 4) is 0 Å². The summed E-state index contributed by atoms with van der Waals surface area (Å²) in [6.07, 6.45) is 0. The number of rotatable bonds is 4. The fourth-order valence-corrected chi connectivity index (χ4v) is 4.42. The SMILES string of the molecule is Cc1cc(CS(=O)(=O)CC2CNC2)c2ccccc2n1. The first-order valence-corrected chi connectivity index (χ1v) is 8.62. The summed E-state index contributed by atoms with van der Waals surface area (Å²) in [5.74, 6) is 0.650. The second-order valence-corrected chi connectivity index (χ2v) is 7.63. The van der Waals surface area contributed by atoms with Crippen molar-refractivity contribution in [2.45, 2.75) is 12.7 Å². The number of aryl methyl sites for hydroxylation is 1. The van der Waals surface area contributed by atoms with Gasteiger partial charge in [0.05, 0.1) is 17.0 Å². The fourth-order valence-electron chi connectivity index (χ4n) is 2.64. The molecule has 2 aromatic rings. The van der Waals surface area contributed by atoms with Crippen LogP contribution in [-0.2, 0) is 15.6 Å². The molecule has 20 heavy (non-hydrogen) atoms. The van der Waals surface area contributed by atoms with Crippen molar-refractivity contribution in [3.63, 3.8) is 0 Å². The van der Waals surface area contributed by atoms with E-state index < -0.39 is 9.84 Å². The van der Waals surface area contributed by atoms with Gasteiger partial charge in [-0.2, -0.15) is 0 Å². The summed E-state index contributed by atoms with van der Waals surface area (Å²) >= 11 is 0. The molecule has 1 N–H and O–H groups in total. The van der Waals surface area contributed by atoms with Crippen molar-refractivity contribution in [2.24, 2.45) is 5.92 Å². The molecule has 1 aromatic carbocycles. The summed E-state index contributed by atoms with van der Waals surface area (Å²) in [6, 6.07) is 9.60. The number of nitrogens with zero attached hydrogens (tertiary/aromatic N) is 1. The zero-order chi connectivity index (χ0) is 14.2. The van der Waals surface area contributed by atoms with Gasteiger partial charge in [-0.15, -0.1) is 0 Å². The van der Waals surface area contributed by atoms with Crippen molar-refractivity contribution in [2.75, 3.05) is 18.8 Å². The van der Waals surface area contributed by atoms with E-state index in [0.29, 0.717) is 0 Å². The number of hydrogen-bond donors (Lipinski definition) is 1. The number of fused-ring (bicyclic) bond motifs is 1. The maximum Gasteiger partial charge on any atom is 0.154 e. The first kappa shape index (κ1) is 13.5. The van der Waals surface area contributed by atoms with Gasteiger partial charge in [0.1, 0.15) is 0 Å². The fraction of sp³-hybridized carbons (Fsp3) is 0.400. The zero-order valence-electron chi connectivity index (χ0n) is 11.5. The molecule has 106 valence electrons. The van der Waals surface area contributed by atoms with Crippen molar-refractivity contribution in [1.82, 2.24) is 10.3 Å². The van der Waals surface area contributed by atoms with Gasteiger partial charge in [-0.3, -0.25) is 4.98 Å². The second kappa shape index (κ2) is 5.14. The van der Waals surface area contributed by atoms with Crippen LogP contribution < -0.4 is 5.32 Å². The molecule has 0 spiro atoms. The molecule has 0 amide bonds. The van der Waals surface area contributed by atoms with Gasteiger partial charge < -0.3 is 5.32 Å². The number of nitrogens with one attached hydrogen (secondary N) is 1. The van der Waals surface area contributed by atoms with E-state index in [1.807, 2.05) is 37.3 Å². The molecule has 0 unspecified atom stereocenters. The molecule has 1 aliphatic heterocycles. The van der Waals surface area contributed by atoms with Gasteiger partial charge in [0.15, 0.2) is 9.84 Å². The van der Waals surface area contributed by atoms with Crippen LogP contribution in [0.5, 0.6) is 0 Å². The average molecular weight is 290 g/mol. The van der Waals surface area contributed by atoms with E-state index in [1.54, 1.807) is 0 Å². The quantitative estimate of drug-likeness (QED) is 0.930. The number of pyridine rings is 1. The Morgan fingerprint density at radius 1 is 1.30 bits per heavy atom. The molecule has 0 aliphatic carbocycles. The summed E-state index contributed by atoms with van der Waals surface area (Å²) in [4.78, 5) is 4.45. The first-order valence-electron chi connectivity index (χ1n) is 6.80. The Labute approximate surface area is 119 Å². The number of para-hydroxylation sites is 1. The highest BCUT2D eigenvalue weighted by Gasteiger charge is 2.25. The highest BCUT2D eigenvalue weighted by Crippen LogP contribution is 2.21. The van der Waals surface area contributed by atoms with E-state index in [0.717, 1.165) is 35.2 Å². The van der Waals surface area contributed by atoms with E-state index in [-0.39, 0.29) is 17.4 Å². The van der Waals surface area contributed by atoms with E-state index in [9.17, 15) is 8.42 Å². The minimum atomic E-state index is -3.07. The van der Waals surface area contributed by atoms with Crippen LogP contribution in [-0.4, -0.2) is 32.2 Å². The monoisotopic (exact) mass is 290 g/mol. The summed E-state index contributed by atoms with van der Waals surface area (Å²) in [5.41, 5.74) is 2.59. The molecule has 1 aliphatic rings. The van der Waals surface area contributed by atoms with E-state index in [2.05, 4.69) is 10.3 Å². The number of aromatic nitrogens is 1. The molecule has 4 nitrogen and oxygen atoms in total. The lowest BCUT2D eigenvalue weighted by atomic mass is 10.1. The van der Waals surface area contributed by atoms with Gasteiger partial charge in [-0.25, -0.2) is 8.42 Å². The minimum absolute atomic E-state index is 0.105. The molecule has 1 aromatic heterocycles. The third-order valence-electron chi connectivity index (χ3n) is 3.66. The summed E-state index contributed by atoms with van der Waals surface area (Å²) < 4.78 is 24.6. The normalized spacial score (nSPS) is 16.2. The van der Waals surface area contributed by atoms with Gasteiger partial charge in [-0.1, -0.05) is 18.2 Å². The Balaban J connectivity index is 1.93. The van der Waals surface area contributed by atoms with Crippen LogP contribution in [0.1, 0.15) is 11.3 Å². The first-order chi connectivity index (χ1) is 9.53. The molecule has 5 heteroatoms. The third-order valence-corrected chi connectivity index (χ3v) is 5.39. The summed E-state index contributed by atoms with van der Waals surface area (Å²) in [6.45, 7) is 3.53. The van der Waals surface area contributed by atoms with Gasteiger partial charge >= 0.3 is 0 Å². The lowest BCUT2D eigenvalue weighted by Crippen LogP contribution is -2.45. The van der Waals surface area contributed by atoms with Crippen molar-refractivity contribution < 1.29 is 8.42 Å². The molecular formula is C15H18N2O2S. The van der Waals surface area contributed by atoms with Crippen molar-refractivity contribution in [3.05, 3.63) is 41.6 Å². The highest BCUT2D eigenvalue weighted by atomic mass is 32.2. The van der Waals surface area contributed by atoms with Crippen LogP contribution in [0.4, 0.5) is 0 Å². The smallest absolute Gasteiger partial charge is 0.154 e. The summed E-state index contributed by atoms with van der Waals surface area (Å²) in [5, 5.41) is 4.05. The molecule has 0 bridgehead atoms. The van der Waals surface area contributed by atoms with Crippen molar-refractivity contribution >= 4 is 20.7 Å². The van der Waals surface area contributed by atoms with E-state index >= 15 is 0 Å². The Morgan fingerprint density at radius 3 is 2.75 bits per heavy atom. The molecule has 0 atom stereocenters. The minimum Gasteiger partial charge on any atom is -0.316 e. The van der Waals surface area contributed by atoms with Gasteiger partial charge in [0.2, 0.25) is 0 Å². The Kier molecular flexibility index (Phi) is 3.48. The topological polar surface area (TPSA) is 59.1 Å². The van der Waals surface area contributed by atoms with Crippen LogP contribution in [0.2, 0.25) is 0 Å². The lowest BCUT2D eigenvalue weighted by Gasteiger charge is -2.26. The van der Waals surface area contributed by atoms with Crippen LogP contribution in [0.15, 0.2) is 30.3 Å². The van der Waals surface area contributed by atoms with Crippen LogP contribution in [0, 0.1) is 12.8 Å². The maximum atomic E-state index is 12.3. The number of benzene rings is 1. The Morgan fingerprint density at radius 2 is 2.05 bits per heavy atom. The predicted octanol–water partition coefficient (Wildman–Crippen LogP) is 1.68. The largest absolute Gasteiger partial charge is 0.316 e. The van der Waals surface area contributed by atoms with Crippen LogP contribution in [0.3, 0.4) is 0 Å². The van der Waals surface area contributed by atoms with E-state index in [4.69, 9.17) is 0 Å². The number of sulfone groups is 1. The second-order valence-electron chi connectivity index (χ2n) is 5.52. The van der Waals surface area contributed by atoms with E-state index in [1.165, 1.54) is 0 Å². The standard InChI is InChI=1S/C15H18N2O2S/c1-11-6-13(14-4-2-3-5-15(14)17-11)10-20(18,19)9-12-7-16-8-12/h2-6,12,16H,7-10H2,1H3. The molecule has 0 saturated carbocycles. The summed E-state index contributed by atoms with van der Waals surface area (Å²) in [7, 11) is -3.07. The predicted molar refractivity (Wildman–Crippen MR) is 80.3 cm³/mol. The van der Waals surface area contributed by atoms with Crippen LogP contribution in [0.25, 0.3) is 10.9 Å². The number of hydrogen-bond acceptors (Lipinski definition) is 4. The lowest BCUT2D eigenvalue weighted by molar-refractivity contribution is 0.378. The zero-order valence-corrected chi connectivity index (χ0v) is 12.3. The van der Waals surface area contributed by atoms with Gasteiger partial charge in [-0.05, 0) is 30.5 Å². The Bertz CT molecular complexity index is 737. The molecule has 3 rings (SSSR count). The Hall–Kier alpha value is -1.46. The highest BCUT2D eigenvalue weighted by molar-refractivity contribution is 7.90. The van der Waals surface area contributed by atoms with Crippen LogP contribution >= 0.6 is 0 Å². The molecule has 0 radical (unpaired) electrons. The molecule has 1 saturated heterocycles. The van der Waals surface area contributed by atoms with Crippen molar-refractivity contribution in [1.29, 1.82) is 0 Å². The average Bonchev–Trinajstić information content (AvgIpc) is 2.33. The molecule has 1 fully saturated rings. The third kappa shape index (κ3) is 2.83.